The van der Waals surface area contributed by atoms with Gasteiger partial charge in [0.05, 0.1) is 7.11 Å². The standard InChI is InChI=1S/C22H20N4O3/c1-15-5-3-7-17(13-15)22(28)23-18-8-4-6-16(14-18)9-11-20(27)24-19-10-12-21(29-2)26-25-19/h3-14H,1-2H3,(H,23,28)(H,24,25,27)/b11-9+. The third-order valence-electron chi connectivity index (χ3n) is 3.95. The van der Waals surface area contributed by atoms with Gasteiger partial charge in [-0.2, -0.15) is 0 Å². The van der Waals surface area contributed by atoms with E-state index in [4.69, 9.17) is 4.74 Å². The molecule has 1 heterocycles. The van der Waals surface area contributed by atoms with Crippen LogP contribution in [-0.4, -0.2) is 29.1 Å². The predicted molar refractivity (Wildman–Crippen MR) is 112 cm³/mol. The van der Waals surface area contributed by atoms with Crippen molar-refractivity contribution >= 4 is 29.4 Å². The van der Waals surface area contributed by atoms with E-state index in [-0.39, 0.29) is 11.8 Å². The van der Waals surface area contributed by atoms with Gasteiger partial charge in [-0.3, -0.25) is 9.59 Å². The minimum absolute atomic E-state index is 0.189. The third kappa shape index (κ3) is 5.74. The summed E-state index contributed by atoms with van der Waals surface area (Å²) in [5, 5.41) is 13.1. The average molecular weight is 388 g/mol. The van der Waals surface area contributed by atoms with Crippen molar-refractivity contribution in [3.63, 3.8) is 0 Å². The first kappa shape index (κ1) is 19.8. The van der Waals surface area contributed by atoms with Crippen LogP contribution in [0.2, 0.25) is 0 Å². The van der Waals surface area contributed by atoms with Gasteiger partial charge in [0.25, 0.3) is 5.91 Å². The van der Waals surface area contributed by atoms with Crippen molar-refractivity contribution in [2.75, 3.05) is 17.7 Å². The van der Waals surface area contributed by atoms with Gasteiger partial charge in [-0.1, -0.05) is 29.8 Å². The SMILES string of the molecule is COc1ccc(NC(=O)/C=C/c2cccc(NC(=O)c3cccc(C)c3)c2)nn1. The maximum Gasteiger partial charge on any atom is 0.255 e. The van der Waals surface area contributed by atoms with E-state index in [1.807, 2.05) is 31.2 Å². The number of aromatic nitrogens is 2. The zero-order chi connectivity index (χ0) is 20.6. The highest BCUT2D eigenvalue weighted by molar-refractivity contribution is 6.04. The lowest BCUT2D eigenvalue weighted by atomic mass is 10.1. The smallest absolute Gasteiger partial charge is 0.255 e. The lowest BCUT2D eigenvalue weighted by molar-refractivity contribution is -0.111. The number of methoxy groups -OCH3 is 1. The van der Waals surface area contributed by atoms with E-state index in [0.717, 1.165) is 11.1 Å². The molecular formula is C22H20N4O3. The first-order chi connectivity index (χ1) is 14.0. The van der Waals surface area contributed by atoms with Crippen molar-refractivity contribution in [3.8, 4) is 5.88 Å². The number of benzene rings is 2. The summed E-state index contributed by atoms with van der Waals surface area (Å²) < 4.78 is 4.92. The Labute approximate surface area is 168 Å². The van der Waals surface area contributed by atoms with Gasteiger partial charge in [0.2, 0.25) is 11.8 Å². The fraction of sp³-hybridized carbons (Fsp3) is 0.0909. The molecule has 7 nitrogen and oxygen atoms in total. The summed E-state index contributed by atoms with van der Waals surface area (Å²) in [5.41, 5.74) is 3.01. The highest BCUT2D eigenvalue weighted by Gasteiger charge is 2.06. The molecule has 29 heavy (non-hydrogen) atoms. The predicted octanol–water partition coefficient (Wildman–Crippen LogP) is 3.70. The van der Waals surface area contributed by atoms with Gasteiger partial charge in [-0.05, 0) is 48.9 Å². The first-order valence-corrected chi connectivity index (χ1v) is 8.88. The number of rotatable bonds is 6. The molecule has 2 amide bonds. The average Bonchev–Trinajstić information content (AvgIpc) is 2.73. The molecule has 2 aromatic carbocycles. The Morgan fingerprint density at radius 3 is 2.52 bits per heavy atom. The van der Waals surface area contributed by atoms with Crippen LogP contribution in [0.1, 0.15) is 21.5 Å². The molecule has 0 aliphatic carbocycles. The number of nitrogens with zero attached hydrogens (tertiary/aromatic N) is 2. The number of hydrogen-bond donors (Lipinski definition) is 2. The molecule has 7 heteroatoms. The highest BCUT2D eigenvalue weighted by atomic mass is 16.5. The molecule has 3 aromatic rings. The molecule has 146 valence electrons. The van der Waals surface area contributed by atoms with Gasteiger partial charge in [0.15, 0.2) is 5.82 Å². The Balaban J connectivity index is 1.62. The number of amides is 2. The molecule has 2 N–H and O–H groups in total. The molecular weight excluding hydrogens is 368 g/mol. The van der Waals surface area contributed by atoms with E-state index in [0.29, 0.717) is 22.9 Å². The van der Waals surface area contributed by atoms with Crippen LogP contribution in [0.3, 0.4) is 0 Å². The minimum atomic E-state index is -0.348. The van der Waals surface area contributed by atoms with Crippen LogP contribution in [0.5, 0.6) is 5.88 Å². The van der Waals surface area contributed by atoms with Gasteiger partial charge in [-0.15, -0.1) is 10.2 Å². The number of carbonyl (C=O) groups excluding carboxylic acids is 2. The zero-order valence-electron chi connectivity index (χ0n) is 16.0. The summed E-state index contributed by atoms with van der Waals surface area (Å²) in [6, 6.07) is 17.8. The van der Waals surface area contributed by atoms with E-state index in [1.54, 1.807) is 42.5 Å². The molecule has 0 atom stereocenters. The van der Waals surface area contributed by atoms with Crippen LogP contribution < -0.4 is 15.4 Å². The molecule has 0 saturated heterocycles. The van der Waals surface area contributed by atoms with Crippen molar-refractivity contribution in [1.82, 2.24) is 10.2 Å². The van der Waals surface area contributed by atoms with E-state index in [1.165, 1.54) is 13.2 Å². The quantitative estimate of drug-likeness (QED) is 0.628. The maximum absolute atomic E-state index is 12.4. The number of anilines is 2. The summed E-state index contributed by atoms with van der Waals surface area (Å²) in [6.45, 7) is 1.94. The van der Waals surface area contributed by atoms with E-state index < -0.39 is 0 Å². The van der Waals surface area contributed by atoms with E-state index in [9.17, 15) is 9.59 Å². The fourth-order valence-electron chi connectivity index (χ4n) is 2.55. The molecule has 0 aliphatic heterocycles. The fourth-order valence-corrected chi connectivity index (χ4v) is 2.55. The number of hydrogen-bond acceptors (Lipinski definition) is 5. The Morgan fingerprint density at radius 2 is 1.79 bits per heavy atom. The molecule has 3 rings (SSSR count). The zero-order valence-corrected chi connectivity index (χ0v) is 16.0. The van der Waals surface area contributed by atoms with Crippen LogP contribution in [0.15, 0.2) is 66.7 Å². The molecule has 0 fully saturated rings. The van der Waals surface area contributed by atoms with Gasteiger partial charge in [-0.25, -0.2) is 0 Å². The Hall–Kier alpha value is -4.00. The minimum Gasteiger partial charge on any atom is -0.480 e. The van der Waals surface area contributed by atoms with Gasteiger partial charge in [0, 0.05) is 23.4 Å². The highest BCUT2D eigenvalue weighted by Crippen LogP contribution is 2.14. The first-order valence-electron chi connectivity index (χ1n) is 8.88. The van der Waals surface area contributed by atoms with Crippen molar-refractivity contribution in [2.45, 2.75) is 6.92 Å². The van der Waals surface area contributed by atoms with Crippen LogP contribution in [0.4, 0.5) is 11.5 Å². The van der Waals surface area contributed by atoms with Crippen molar-refractivity contribution in [3.05, 3.63) is 83.4 Å². The lowest BCUT2D eigenvalue weighted by Crippen LogP contribution is -2.12. The number of carbonyl (C=O) groups is 2. The Kier molecular flexibility index (Phi) is 6.32. The van der Waals surface area contributed by atoms with Crippen molar-refractivity contribution in [1.29, 1.82) is 0 Å². The molecule has 0 saturated carbocycles. The second-order valence-electron chi connectivity index (χ2n) is 6.23. The normalized spacial score (nSPS) is 10.6. The maximum atomic E-state index is 12.4. The number of ether oxygens (including phenoxy) is 1. The van der Waals surface area contributed by atoms with Crippen molar-refractivity contribution < 1.29 is 14.3 Å². The second kappa shape index (κ2) is 9.27. The van der Waals surface area contributed by atoms with E-state index in [2.05, 4.69) is 20.8 Å². The molecule has 0 unspecified atom stereocenters. The molecule has 0 aliphatic rings. The molecule has 1 aromatic heterocycles. The van der Waals surface area contributed by atoms with Gasteiger partial charge < -0.3 is 15.4 Å². The summed E-state index contributed by atoms with van der Waals surface area (Å²) >= 11 is 0. The van der Waals surface area contributed by atoms with E-state index >= 15 is 0 Å². The summed E-state index contributed by atoms with van der Waals surface area (Å²) in [5.74, 6) is 0.145. The van der Waals surface area contributed by atoms with Gasteiger partial charge in [0.1, 0.15) is 0 Å². The Bertz CT molecular complexity index is 1050. The lowest BCUT2D eigenvalue weighted by Gasteiger charge is -2.07. The van der Waals surface area contributed by atoms with Crippen molar-refractivity contribution in [2.24, 2.45) is 0 Å². The Morgan fingerprint density at radius 1 is 0.966 bits per heavy atom. The number of aryl methyl sites for hydroxylation is 1. The monoisotopic (exact) mass is 388 g/mol. The van der Waals surface area contributed by atoms with Crippen LogP contribution in [-0.2, 0) is 4.79 Å². The van der Waals surface area contributed by atoms with Crippen LogP contribution >= 0.6 is 0 Å². The largest absolute Gasteiger partial charge is 0.480 e. The number of nitrogens with one attached hydrogen (secondary N) is 2. The molecule has 0 spiro atoms. The summed E-state index contributed by atoms with van der Waals surface area (Å²) in [6.07, 6.45) is 3.03. The summed E-state index contributed by atoms with van der Waals surface area (Å²) in [7, 11) is 1.49. The molecule has 0 bridgehead atoms. The van der Waals surface area contributed by atoms with Gasteiger partial charge >= 0.3 is 0 Å². The third-order valence-corrected chi connectivity index (χ3v) is 3.95. The molecule has 0 radical (unpaired) electrons. The topological polar surface area (TPSA) is 93.2 Å². The second-order valence-corrected chi connectivity index (χ2v) is 6.23. The summed E-state index contributed by atoms with van der Waals surface area (Å²) in [4.78, 5) is 24.4. The van der Waals surface area contributed by atoms with Crippen LogP contribution in [0.25, 0.3) is 6.08 Å². The van der Waals surface area contributed by atoms with Crippen LogP contribution in [0, 0.1) is 6.92 Å².